The van der Waals surface area contributed by atoms with Crippen molar-refractivity contribution in [1.82, 2.24) is 10.3 Å². The van der Waals surface area contributed by atoms with Gasteiger partial charge in [-0.25, -0.2) is 9.78 Å². The van der Waals surface area contributed by atoms with Gasteiger partial charge in [-0.3, -0.25) is 0 Å². The first-order chi connectivity index (χ1) is 10.0. The molecule has 1 aromatic rings. The highest BCUT2D eigenvalue weighted by atomic mass is 16.6. The van der Waals surface area contributed by atoms with Crippen LogP contribution in [-0.4, -0.2) is 36.3 Å². The number of piperidine rings is 1. The van der Waals surface area contributed by atoms with Gasteiger partial charge in [0.2, 0.25) is 0 Å². The smallest absolute Gasteiger partial charge is 0.407 e. The number of rotatable bonds is 1. The first-order valence-corrected chi connectivity index (χ1v) is 7.13. The molecule has 0 bridgehead atoms. The van der Waals surface area contributed by atoms with Crippen molar-refractivity contribution < 1.29 is 9.53 Å². The molecule has 2 fully saturated rings. The van der Waals surface area contributed by atoms with Gasteiger partial charge >= 0.3 is 6.09 Å². The van der Waals surface area contributed by atoms with Gasteiger partial charge in [0.1, 0.15) is 17.5 Å². The van der Waals surface area contributed by atoms with Crippen LogP contribution in [0.1, 0.15) is 29.7 Å². The molecule has 2 saturated heterocycles. The monoisotopic (exact) mass is 286 g/mol. The fraction of sp³-hybridized carbons (Fsp3) is 0.533. The number of ether oxygens (including phenoxy) is 1. The highest BCUT2D eigenvalue weighted by Crippen LogP contribution is 2.31. The molecule has 21 heavy (non-hydrogen) atoms. The van der Waals surface area contributed by atoms with Gasteiger partial charge in [0.05, 0.1) is 24.3 Å². The minimum Gasteiger partial charge on any atom is -0.439 e. The summed E-state index contributed by atoms with van der Waals surface area (Å²) in [6.45, 7) is 5.86. The van der Waals surface area contributed by atoms with Crippen LogP contribution in [-0.2, 0) is 4.74 Å². The molecule has 0 saturated carbocycles. The molecule has 0 radical (unpaired) electrons. The summed E-state index contributed by atoms with van der Waals surface area (Å²) in [6.07, 6.45) is 1.49. The van der Waals surface area contributed by atoms with Gasteiger partial charge in [-0.05, 0) is 38.3 Å². The quantitative estimate of drug-likeness (QED) is 0.849. The summed E-state index contributed by atoms with van der Waals surface area (Å²) in [4.78, 5) is 18.0. The summed E-state index contributed by atoms with van der Waals surface area (Å²) in [5, 5.41) is 11.9. The predicted molar refractivity (Wildman–Crippen MR) is 77.1 cm³/mol. The first-order valence-electron chi connectivity index (χ1n) is 7.13. The molecular formula is C15H18N4O2. The van der Waals surface area contributed by atoms with Crippen LogP contribution >= 0.6 is 0 Å². The van der Waals surface area contributed by atoms with Crippen molar-refractivity contribution in [3.8, 4) is 6.07 Å². The Labute approximate surface area is 123 Å². The number of aryl methyl sites for hydroxylation is 2. The van der Waals surface area contributed by atoms with E-state index in [-0.39, 0.29) is 6.09 Å². The number of hydrogen-bond acceptors (Lipinski definition) is 5. The minimum absolute atomic E-state index is 0.336. The Morgan fingerprint density at radius 2 is 2.33 bits per heavy atom. The summed E-state index contributed by atoms with van der Waals surface area (Å²) >= 11 is 0. The zero-order valence-electron chi connectivity index (χ0n) is 12.3. The predicted octanol–water partition coefficient (Wildman–Crippen LogP) is 1.65. The zero-order valence-corrected chi connectivity index (χ0v) is 12.3. The maximum absolute atomic E-state index is 11.3. The lowest BCUT2D eigenvalue weighted by molar-refractivity contribution is 0.0445. The van der Waals surface area contributed by atoms with Crippen molar-refractivity contribution in [2.24, 2.45) is 0 Å². The van der Waals surface area contributed by atoms with Gasteiger partial charge in [-0.2, -0.15) is 5.26 Å². The third-order valence-corrected chi connectivity index (χ3v) is 4.22. The molecule has 2 aliphatic rings. The van der Waals surface area contributed by atoms with Crippen LogP contribution in [0.25, 0.3) is 0 Å². The molecule has 2 aliphatic heterocycles. The van der Waals surface area contributed by atoms with E-state index in [9.17, 15) is 4.79 Å². The average Bonchev–Trinajstić information content (AvgIpc) is 2.79. The van der Waals surface area contributed by atoms with Crippen LogP contribution in [0.3, 0.4) is 0 Å². The molecule has 110 valence electrons. The van der Waals surface area contributed by atoms with Crippen LogP contribution in [0, 0.1) is 25.2 Å². The van der Waals surface area contributed by atoms with Crippen molar-refractivity contribution in [3.05, 3.63) is 22.9 Å². The molecule has 0 aliphatic carbocycles. The summed E-state index contributed by atoms with van der Waals surface area (Å²) in [7, 11) is 0. The topological polar surface area (TPSA) is 78.2 Å². The van der Waals surface area contributed by atoms with E-state index in [1.54, 1.807) is 0 Å². The highest BCUT2D eigenvalue weighted by Gasteiger charge is 2.44. The molecule has 1 atom stereocenters. The first kappa shape index (κ1) is 13.7. The van der Waals surface area contributed by atoms with Gasteiger partial charge in [0.15, 0.2) is 0 Å². The number of nitrogens with zero attached hydrogens (tertiary/aromatic N) is 3. The van der Waals surface area contributed by atoms with Gasteiger partial charge in [0, 0.05) is 6.54 Å². The molecule has 6 heteroatoms. The molecule has 6 nitrogen and oxygen atoms in total. The van der Waals surface area contributed by atoms with Crippen molar-refractivity contribution in [2.75, 3.05) is 24.5 Å². The maximum Gasteiger partial charge on any atom is 0.407 e. The van der Waals surface area contributed by atoms with Crippen molar-refractivity contribution in [3.63, 3.8) is 0 Å². The van der Waals surface area contributed by atoms with Gasteiger partial charge in [-0.15, -0.1) is 0 Å². The lowest BCUT2D eigenvalue weighted by atomic mass is 9.93. The Morgan fingerprint density at radius 1 is 1.52 bits per heavy atom. The Kier molecular flexibility index (Phi) is 3.20. The fourth-order valence-electron chi connectivity index (χ4n) is 3.17. The Bertz CT molecular complexity index is 614. The third-order valence-electron chi connectivity index (χ3n) is 4.22. The summed E-state index contributed by atoms with van der Waals surface area (Å²) in [5.41, 5.74) is 1.88. The van der Waals surface area contributed by atoms with Gasteiger partial charge < -0.3 is 15.0 Å². The van der Waals surface area contributed by atoms with Crippen LogP contribution in [0.2, 0.25) is 0 Å². The summed E-state index contributed by atoms with van der Waals surface area (Å²) in [6, 6.07) is 4.13. The van der Waals surface area contributed by atoms with Crippen LogP contribution < -0.4 is 10.2 Å². The number of alkyl carbamates (subject to hydrolysis) is 1. The molecular weight excluding hydrogens is 268 g/mol. The average molecular weight is 286 g/mol. The minimum atomic E-state index is -0.438. The number of amides is 1. The molecule has 1 N–H and O–H groups in total. The van der Waals surface area contributed by atoms with Crippen molar-refractivity contribution in [1.29, 1.82) is 5.26 Å². The van der Waals surface area contributed by atoms with E-state index in [4.69, 9.17) is 10.00 Å². The van der Waals surface area contributed by atoms with E-state index in [1.165, 1.54) is 0 Å². The maximum atomic E-state index is 11.3. The van der Waals surface area contributed by atoms with Crippen LogP contribution in [0.4, 0.5) is 10.6 Å². The molecule has 1 aromatic heterocycles. The Balaban J connectivity index is 1.87. The summed E-state index contributed by atoms with van der Waals surface area (Å²) in [5.74, 6) is 0.853. The number of nitriles is 1. The van der Waals surface area contributed by atoms with Crippen molar-refractivity contribution in [2.45, 2.75) is 32.3 Å². The highest BCUT2D eigenvalue weighted by molar-refractivity contribution is 5.70. The Morgan fingerprint density at radius 3 is 2.95 bits per heavy atom. The second-order valence-corrected chi connectivity index (χ2v) is 5.82. The van der Waals surface area contributed by atoms with Crippen molar-refractivity contribution >= 4 is 11.9 Å². The number of nitrogens with one attached hydrogen (secondary N) is 1. The second-order valence-electron chi connectivity index (χ2n) is 5.82. The van der Waals surface area contributed by atoms with E-state index in [1.807, 2.05) is 19.9 Å². The Hall–Kier alpha value is -2.29. The largest absolute Gasteiger partial charge is 0.439 e. The standard InChI is InChI=1S/C15H18N4O2/c1-10-6-13(18-11(2)12(10)7-16)19-5-3-4-15(9-19)8-17-14(20)21-15/h6H,3-5,8-9H2,1-2H3,(H,17,20). The lowest BCUT2D eigenvalue weighted by Crippen LogP contribution is -2.50. The number of pyridine rings is 1. The molecule has 1 spiro atoms. The fourth-order valence-corrected chi connectivity index (χ4v) is 3.17. The molecule has 1 unspecified atom stereocenters. The number of carbonyl (C=O) groups excluding carboxylic acids is 1. The lowest BCUT2D eigenvalue weighted by Gasteiger charge is -2.39. The number of anilines is 1. The SMILES string of the molecule is Cc1cc(N2CCCC3(CNC(=O)O3)C2)nc(C)c1C#N. The van der Waals surface area contributed by atoms with E-state index >= 15 is 0 Å². The summed E-state index contributed by atoms with van der Waals surface area (Å²) < 4.78 is 5.48. The molecule has 1 amide bonds. The van der Waals surface area contributed by atoms with Gasteiger partial charge in [-0.1, -0.05) is 0 Å². The third kappa shape index (κ3) is 2.40. The molecule has 3 rings (SSSR count). The van der Waals surface area contributed by atoms with E-state index in [0.29, 0.717) is 18.7 Å². The molecule has 0 aromatic carbocycles. The van der Waals surface area contributed by atoms with Gasteiger partial charge in [0.25, 0.3) is 0 Å². The molecule has 3 heterocycles. The van der Waals surface area contributed by atoms with E-state index < -0.39 is 5.60 Å². The van der Waals surface area contributed by atoms with Crippen LogP contribution in [0.15, 0.2) is 6.07 Å². The van der Waals surface area contributed by atoms with E-state index in [0.717, 1.165) is 36.5 Å². The normalized spacial score (nSPS) is 24.6. The number of carbonyl (C=O) groups is 1. The van der Waals surface area contributed by atoms with E-state index in [2.05, 4.69) is 21.3 Å². The number of aromatic nitrogens is 1. The zero-order chi connectivity index (χ0) is 15.0. The number of hydrogen-bond donors (Lipinski definition) is 1. The van der Waals surface area contributed by atoms with Crippen LogP contribution in [0.5, 0.6) is 0 Å². The second kappa shape index (κ2) is 4.92.